The minimum atomic E-state index is -0.446. The lowest BCUT2D eigenvalue weighted by atomic mass is 10.2. The van der Waals surface area contributed by atoms with Crippen LogP contribution in [-0.4, -0.2) is 33.2 Å². The third kappa shape index (κ3) is 2.90. The van der Waals surface area contributed by atoms with E-state index in [4.69, 9.17) is 11.6 Å². The second-order valence-electron chi connectivity index (χ2n) is 3.98. The first-order valence-electron chi connectivity index (χ1n) is 5.92. The van der Waals surface area contributed by atoms with Crippen LogP contribution in [0.15, 0.2) is 24.3 Å². The monoisotopic (exact) mass is 279 g/mol. The van der Waals surface area contributed by atoms with E-state index in [1.54, 1.807) is 19.2 Å². The van der Waals surface area contributed by atoms with Crippen LogP contribution < -0.4 is 5.32 Å². The Morgan fingerprint density at radius 1 is 1.42 bits per heavy atom. The molecule has 7 heteroatoms. The first-order valence-corrected chi connectivity index (χ1v) is 6.30. The number of tetrazole rings is 1. The van der Waals surface area contributed by atoms with Gasteiger partial charge in [0.2, 0.25) is 11.7 Å². The van der Waals surface area contributed by atoms with E-state index < -0.39 is 6.04 Å². The molecule has 0 radical (unpaired) electrons. The Kier molecular flexibility index (Phi) is 4.11. The van der Waals surface area contributed by atoms with E-state index in [0.717, 1.165) is 5.56 Å². The Balaban J connectivity index is 2.27. The number of likely N-dealkylation sites (N-methyl/N-ethyl adjacent to an activating group) is 1. The standard InChI is InChI=1S/C12H14ClN5O/c1-3-10(12(19)14-2)18-16-11(15-17-18)8-4-6-9(13)7-5-8/h4-7,10H,3H2,1-2H3,(H,14,19)/t10-/m0/s1. The van der Waals surface area contributed by atoms with Gasteiger partial charge in [0.1, 0.15) is 0 Å². The van der Waals surface area contributed by atoms with Gasteiger partial charge in [0.15, 0.2) is 6.04 Å². The van der Waals surface area contributed by atoms with Crippen LogP contribution in [0.2, 0.25) is 5.02 Å². The number of carbonyl (C=O) groups excluding carboxylic acids is 1. The Labute approximate surface area is 115 Å². The molecule has 0 aliphatic carbocycles. The van der Waals surface area contributed by atoms with Crippen molar-refractivity contribution in [3.05, 3.63) is 29.3 Å². The van der Waals surface area contributed by atoms with Crippen molar-refractivity contribution in [1.82, 2.24) is 25.5 Å². The smallest absolute Gasteiger partial charge is 0.246 e. The molecule has 2 rings (SSSR count). The molecule has 0 aliphatic heterocycles. The van der Waals surface area contributed by atoms with Gasteiger partial charge in [0.25, 0.3) is 0 Å². The van der Waals surface area contributed by atoms with Crippen molar-refractivity contribution < 1.29 is 4.79 Å². The predicted molar refractivity (Wildman–Crippen MR) is 71.7 cm³/mol. The van der Waals surface area contributed by atoms with Crippen molar-refractivity contribution in [3.8, 4) is 11.4 Å². The van der Waals surface area contributed by atoms with Gasteiger partial charge in [-0.3, -0.25) is 4.79 Å². The highest BCUT2D eigenvalue weighted by molar-refractivity contribution is 6.30. The molecule has 0 fully saturated rings. The molecule has 1 N–H and O–H groups in total. The molecular formula is C12H14ClN5O. The fourth-order valence-corrected chi connectivity index (χ4v) is 1.82. The van der Waals surface area contributed by atoms with Crippen LogP contribution in [-0.2, 0) is 4.79 Å². The topological polar surface area (TPSA) is 72.7 Å². The van der Waals surface area contributed by atoms with Crippen molar-refractivity contribution in [1.29, 1.82) is 0 Å². The number of hydrogen-bond donors (Lipinski definition) is 1. The third-order valence-corrected chi connectivity index (χ3v) is 3.00. The zero-order valence-corrected chi connectivity index (χ0v) is 11.4. The molecule has 1 heterocycles. The van der Waals surface area contributed by atoms with Gasteiger partial charge in [0, 0.05) is 17.6 Å². The molecule has 19 heavy (non-hydrogen) atoms. The molecule has 0 spiro atoms. The summed E-state index contributed by atoms with van der Waals surface area (Å²) >= 11 is 5.82. The highest BCUT2D eigenvalue weighted by Gasteiger charge is 2.20. The molecule has 0 saturated heterocycles. The highest BCUT2D eigenvalue weighted by Crippen LogP contribution is 2.18. The number of amides is 1. The number of nitrogens with one attached hydrogen (secondary N) is 1. The second-order valence-corrected chi connectivity index (χ2v) is 4.42. The molecule has 6 nitrogen and oxygen atoms in total. The number of carbonyl (C=O) groups is 1. The Morgan fingerprint density at radius 3 is 2.68 bits per heavy atom. The fraction of sp³-hybridized carbons (Fsp3) is 0.333. The van der Waals surface area contributed by atoms with Gasteiger partial charge in [-0.2, -0.15) is 4.80 Å². The van der Waals surface area contributed by atoms with Crippen LogP contribution in [0.3, 0.4) is 0 Å². The maximum absolute atomic E-state index is 11.7. The van der Waals surface area contributed by atoms with E-state index in [9.17, 15) is 4.79 Å². The molecule has 2 aromatic rings. The van der Waals surface area contributed by atoms with Crippen LogP contribution in [0.1, 0.15) is 19.4 Å². The SMILES string of the molecule is CC[C@@H](C(=O)NC)n1nnc(-c2ccc(Cl)cc2)n1. The zero-order valence-electron chi connectivity index (χ0n) is 10.7. The zero-order chi connectivity index (χ0) is 13.8. The maximum atomic E-state index is 11.7. The summed E-state index contributed by atoms with van der Waals surface area (Å²) in [5.41, 5.74) is 0.808. The number of benzene rings is 1. The number of halogens is 1. The molecule has 0 saturated carbocycles. The lowest BCUT2D eigenvalue weighted by Gasteiger charge is -2.10. The normalized spacial score (nSPS) is 12.2. The van der Waals surface area contributed by atoms with Crippen molar-refractivity contribution in [2.45, 2.75) is 19.4 Å². The number of nitrogens with zero attached hydrogens (tertiary/aromatic N) is 4. The van der Waals surface area contributed by atoms with Gasteiger partial charge in [-0.15, -0.1) is 10.2 Å². The number of hydrogen-bond acceptors (Lipinski definition) is 4. The molecular weight excluding hydrogens is 266 g/mol. The van der Waals surface area contributed by atoms with Gasteiger partial charge in [-0.1, -0.05) is 18.5 Å². The minimum Gasteiger partial charge on any atom is -0.357 e. The van der Waals surface area contributed by atoms with Crippen molar-refractivity contribution in [2.24, 2.45) is 0 Å². The van der Waals surface area contributed by atoms with Crippen LogP contribution in [0.5, 0.6) is 0 Å². The third-order valence-electron chi connectivity index (χ3n) is 2.75. The Hall–Kier alpha value is -1.95. The Morgan fingerprint density at radius 2 is 2.11 bits per heavy atom. The summed E-state index contributed by atoms with van der Waals surface area (Å²) < 4.78 is 0. The lowest BCUT2D eigenvalue weighted by molar-refractivity contribution is -0.124. The number of rotatable bonds is 4. The number of aromatic nitrogens is 4. The molecule has 1 atom stereocenters. The summed E-state index contributed by atoms with van der Waals surface area (Å²) in [4.78, 5) is 13.0. The van der Waals surface area contributed by atoms with Crippen LogP contribution >= 0.6 is 11.6 Å². The van der Waals surface area contributed by atoms with Crippen LogP contribution in [0.4, 0.5) is 0 Å². The van der Waals surface area contributed by atoms with E-state index in [2.05, 4.69) is 20.7 Å². The molecule has 1 aromatic heterocycles. The van der Waals surface area contributed by atoms with Gasteiger partial charge in [-0.25, -0.2) is 0 Å². The van der Waals surface area contributed by atoms with Gasteiger partial charge in [-0.05, 0) is 35.9 Å². The summed E-state index contributed by atoms with van der Waals surface area (Å²) in [6.07, 6.45) is 0.593. The maximum Gasteiger partial charge on any atom is 0.246 e. The van der Waals surface area contributed by atoms with E-state index in [0.29, 0.717) is 17.3 Å². The first-order chi connectivity index (χ1) is 9.15. The quantitative estimate of drug-likeness (QED) is 0.924. The average Bonchev–Trinajstić information content (AvgIpc) is 2.89. The van der Waals surface area contributed by atoms with E-state index in [-0.39, 0.29) is 5.91 Å². The van der Waals surface area contributed by atoms with Crippen LogP contribution in [0.25, 0.3) is 11.4 Å². The lowest BCUT2D eigenvalue weighted by Crippen LogP contribution is -2.30. The molecule has 0 unspecified atom stereocenters. The van der Waals surface area contributed by atoms with Gasteiger partial charge >= 0.3 is 0 Å². The summed E-state index contributed by atoms with van der Waals surface area (Å²) in [5.74, 6) is 0.335. The van der Waals surface area contributed by atoms with Crippen molar-refractivity contribution in [3.63, 3.8) is 0 Å². The molecule has 0 bridgehead atoms. The summed E-state index contributed by atoms with van der Waals surface area (Å²) in [7, 11) is 1.59. The van der Waals surface area contributed by atoms with Crippen molar-refractivity contribution >= 4 is 17.5 Å². The van der Waals surface area contributed by atoms with Gasteiger partial charge in [0.05, 0.1) is 0 Å². The summed E-state index contributed by atoms with van der Waals surface area (Å²) in [6, 6.07) is 6.69. The van der Waals surface area contributed by atoms with Crippen LogP contribution in [0, 0.1) is 0 Å². The van der Waals surface area contributed by atoms with E-state index >= 15 is 0 Å². The first kappa shape index (κ1) is 13.5. The average molecular weight is 280 g/mol. The van der Waals surface area contributed by atoms with E-state index in [1.807, 2.05) is 19.1 Å². The summed E-state index contributed by atoms with van der Waals surface area (Å²) in [6.45, 7) is 1.89. The second kappa shape index (κ2) is 5.79. The van der Waals surface area contributed by atoms with Crippen molar-refractivity contribution in [2.75, 3.05) is 7.05 Å². The molecule has 0 aliphatic rings. The molecule has 1 aromatic carbocycles. The Bertz CT molecular complexity index is 566. The fourth-order valence-electron chi connectivity index (χ4n) is 1.69. The molecule has 100 valence electrons. The largest absolute Gasteiger partial charge is 0.357 e. The van der Waals surface area contributed by atoms with E-state index in [1.165, 1.54) is 4.80 Å². The molecule has 1 amide bonds. The summed E-state index contributed by atoms with van der Waals surface area (Å²) in [5, 5.41) is 15.4. The highest BCUT2D eigenvalue weighted by atomic mass is 35.5. The van der Waals surface area contributed by atoms with Gasteiger partial charge < -0.3 is 5.32 Å². The predicted octanol–water partition coefficient (Wildman–Crippen LogP) is 1.69. The minimum absolute atomic E-state index is 0.137.